The van der Waals surface area contributed by atoms with Crippen LogP contribution in [0.2, 0.25) is 0 Å². The molecule has 0 aromatic carbocycles. The zero-order chi connectivity index (χ0) is 8.39. The molecule has 2 aliphatic rings. The second-order valence-corrected chi connectivity index (χ2v) is 3.55. The predicted molar refractivity (Wildman–Crippen MR) is 44.3 cm³/mol. The molecule has 0 spiro atoms. The van der Waals surface area contributed by atoms with Crippen LogP contribution in [0.5, 0.6) is 0 Å². The summed E-state index contributed by atoms with van der Waals surface area (Å²) < 4.78 is 16.3. The lowest BCUT2D eigenvalue weighted by atomic mass is 10.1. The Morgan fingerprint density at radius 3 is 2.83 bits per heavy atom. The van der Waals surface area contributed by atoms with Crippen LogP contribution in [0, 0.1) is 5.92 Å². The molecule has 0 N–H and O–H groups in total. The number of hydrogen-bond acceptors (Lipinski definition) is 3. The van der Waals surface area contributed by atoms with Crippen molar-refractivity contribution in [3.05, 3.63) is 0 Å². The van der Waals surface area contributed by atoms with Crippen LogP contribution in [0.4, 0.5) is 0 Å². The molecule has 4 heteroatoms. The summed E-state index contributed by atoms with van der Waals surface area (Å²) in [5.74, 6) is 0.933. The molecule has 0 radical (unpaired) electrons. The van der Waals surface area contributed by atoms with Gasteiger partial charge in [-0.1, -0.05) is 0 Å². The minimum atomic E-state index is -0.0729. The molecule has 0 bridgehead atoms. The average molecular weight is 193 g/mol. The molecular formula is C8H13ClO3. The highest BCUT2D eigenvalue weighted by atomic mass is 35.5. The van der Waals surface area contributed by atoms with E-state index in [1.165, 1.54) is 0 Å². The van der Waals surface area contributed by atoms with E-state index in [2.05, 4.69) is 0 Å². The van der Waals surface area contributed by atoms with Crippen molar-refractivity contribution in [2.24, 2.45) is 5.92 Å². The Kier molecular flexibility index (Phi) is 2.86. The Balaban J connectivity index is 1.81. The van der Waals surface area contributed by atoms with Gasteiger partial charge in [-0.15, -0.1) is 11.6 Å². The molecule has 2 heterocycles. The van der Waals surface area contributed by atoms with Gasteiger partial charge in [0.2, 0.25) is 0 Å². The molecular weight excluding hydrogens is 180 g/mol. The first-order chi connectivity index (χ1) is 5.90. The number of hydrogen-bond donors (Lipinski definition) is 0. The van der Waals surface area contributed by atoms with Gasteiger partial charge < -0.3 is 14.2 Å². The minimum Gasteiger partial charge on any atom is -0.381 e. The fourth-order valence-corrected chi connectivity index (χ4v) is 1.73. The summed E-state index contributed by atoms with van der Waals surface area (Å²) in [5, 5.41) is 0. The number of ether oxygens (including phenoxy) is 3. The highest BCUT2D eigenvalue weighted by molar-refractivity contribution is 6.18. The first-order valence-electron chi connectivity index (χ1n) is 4.31. The molecule has 70 valence electrons. The normalized spacial score (nSPS) is 42.2. The second-order valence-electron chi connectivity index (χ2n) is 3.24. The summed E-state index contributed by atoms with van der Waals surface area (Å²) >= 11 is 5.64. The number of rotatable bonds is 2. The van der Waals surface area contributed by atoms with Gasteiger partial charge in [0.05, 0.1) is 25.2 Å². The molecule has 2 rings (SSSR count). The van der Waals surface area contributed by atoms with Crippen molar-refractivity contribution in [3.63, 3.8) is 0 Å². The Morgan fingerprint density at radius 2 is 2.25 bits per heavy atom. The smallest absolute Gasteiger partial charge is 0.163 e. The SMILES string of the molecule is ClCC1COC(C2CCOC2)O1. The molecule has 2 saturated heterocycles. The summed E-state index contributed by atoms with van der Waals surface area (Å²) in [5.41, 5.74) is 0. The minimum absolute atomic E-state index is 0.0729. The average Bonchev–Trinajstić information content (AvgIpc) is 2.75. The molecule has 2 aliphatic heterocycles. The molecule has 0 aromatic rings. The Hall–Kier alpha value is 0.170. The zero-order valence-electron chi connectivity index (χ0n) is 6.87. The molecule has 2 fully saturated rings. The summed E-state index contributed by atoms with van der Waals surface area (Å²) in [6.07, 6.45) is 1.05. The number of alkyl halides is 1. The Morgan fingerprint density at radius 1 is 1.33 bits per heavy atom. The molecule has 3 atom stereocenters. The van der Waals surface area contributed by atoms with Gasteiger partial charge in [-0.25, -0.2) is 0 Å². The van der Waals surface area contributed by atoms with E-state index in [1.54, 1.807) is 0 Å². The molecule has 0 amide bonds. The molecule has 3 unspecified atom stereocenters. The Labute approximate surface area is 76.9 Å². The lowest BCUT2D eigenvalue weighted by Crippen LogP contribution is -2.23. The fraction of sp³-hybridized carbons (Fsp3) is 1.00. The molecule has 12 heavy (non-hydrogen) atoms. The summed E-state index contributed by atoms with van der Waals surface area (Å²) in [6, 6.07) is 0. The predicted octanol–water partition coefficient (Wildman–Crippen LogP) is 1.00. The van der Waals surface area contributed by atoms with Crippen molar-refractivity contribution in [3.8, 4) is 0 Å². The van der Waals surface area contributed by atoms with Crippen LogP contribution in [0.25, 0.3) is 0 Å². The van der Waals surface area contributed by atoms with Gasteiger partial charge in [0, 0.05) is 12.5 Å². The standard InChI is InChI=1S/C8H13ClO3/c9-3-7-5-11-8(12-7)6-1-2-10-4-6/h6-8H,1-5H2. The van der Waals surface area contributed by atoms with Crippen LogP contribution in [0.15, 0.2) is 0 Å². The van der Waals surface area contributed by atoms with Crippen molar-refractivity contribution in [2.75, 3.05) is 25.7 Å². The summed E-state index contributed by atoms with van der Waals surface area (Å²) in [4.78, 5) is 0. The molecule has 0 saturated carbocycles. The first-order valence-corrected chi connectivity index (χ1v) is 4.84. The maximum Gasteiger partial charge on any atom is 0.163 e. The van der Waals surface area contributed by atoms with Gasteiger partial charge in [-0.2, -0.15) is 0 Å². The van der Waals surface area contributed by atoms with E-state index in [4.69, 9.17) is 25.8 Å². The third-order valence-corrected chi connectivity index (χ3v) is 2.64. The second kappa shape index (κ2) is 3.92. The van der Waals surface area contributed by atoms with Crippen LogP contribution in [0.1, 0.15) is 6.42 Å². The topological polar surface area (TPSA) is 27.7 Å². The zero-order valence-corrected chi connectivity index (χ0v) is 7.63. The van der Waals surface area contributed by atoms with Gasteiger partial charge in [-0.3, -0.25) is 0 Å². The highest BCUT2D eigenvalue weighted by Gasteiger charge is 2.34. The van der Waals surface area contributed by atoms with Crippen molar-refractivity contribution in [2.45, 2.75) is 18.8 Å². The van der Waals surface area contributed by atoms with Crippen molar-refractivity contribution in [1.29, 1.82) is 0 Å². The maximum absolute atomic E-state index is 5.64. The van der Waals surface area contributed by atoms with Gasteiger partial charge in [0.15, 0.2) is 6.29 Å². The number of halogens is 1. The van der Waals surface area contributed by atoms with Gasteiger partial charge in [0.25, 0.3) is 0 Å². The van der Waals surface area contributed by atoms with E-state index in [1.807, 2.05) is 0 Å². The van der Waals surface area contributed by atoms with Crippen molar-refractivity contribution in [1.82, 2.24) is 0 Å². The fourth-order valence-electron chi connectivity index (χ4n) is 1.57. The van der Waals surface area contributed by atoms with Crippen LogP contribution in [0.3, 0.4) is 0 Å². The largest absolute Gasteiger partial charge is 0.381 e. The lowest BCUT2D eigenvalue weighted by Gasteiger charge is -2.15. The monoisotopic (exact) mass is 192 g/mol. The van der Waals surface area contributed by atoms with E-state index < -0.39 is 0 Å². The maximum atomic E-state index is 5.64. The summed E-state index contributed by atoms with van der Waals surface area (Å²) in [6.45, 7) is 2.23. The van der Waals surface area contributed by atoms with E-state index in [-0.39, 0.29) is 12.4 Å². The first kappa shape index (κ1) is 8.75. The summed E-state index contributed by atoms with van der Waals surface area (Å²) in [7, 11) is 0. The van der Waals surface area contributed by atoms with Crippen molar-refractivity contribution >= 4 is 11.6 Å². The van der Waals surface area contributed by atoms with Crippen LogP contribution in [-0.2, 0) is 14.2 Å². The van der Waals surface area contributed by atoms with Gasteiger partial charge >= 0.3 is 0 Å². The Bertz CT molecular complexity index is 147. The van der Waals surface area contributed by atoms with E-state index in [0.717, 1.165) is 19.6 Å². The third-order valence-electron chi connectivity index (χ3n) is 2.29. The van der Waals surface area contributed by atoms with E-state index in [9.17, 15) is 0 Å². The van der Waals surface area contributed by atoms with Crippen LogP contribution in [-0.4, -0.2) is 38.1 Å². The van der Waals surface area contributed by atoms with Gasteiger partial charge in [0.1, 0.15) is 0 Å². The van der Waals surface area contributed by atoms with E-state index >= 15 is 0 Å². The van der Waals surface area contributed by atoms with E-state index in [0.29, 0.717) is 18.4 Å². The molecule has 0 aromatic heterocycles. The van der Waals surface area contributed by atoms with Crippen LogP contribution < -0.4 is 0 Å². The van der Waals surface area contributed by atoms with Gasteiger partial charge in [-0.05, 0) is 6.42 Å². The highest BCUT2D eigenvalue weighted by Crippen LogP contribution is 2.25. The third kappa shape index (κ3) is 1.74. The lowest BCUT2D eigenvalue weighted by molar-refractivity contribution is -0.0938. The molecule has 3 nitrogen and oxygen atoms in total. The quantitative estimate of drug-likeness (QED) is 0.611. The van der Waals surface area contributed by atoms with Crippen molar-refractivity contribution < 1.29 is 14.2 Å². The molecule has 0 aliphatic carbocycles. The van der Waals surface area contributed by atoms with Crippen LogP contribution >= 0.6 is 11.6 Å².